The molecule has 1 aromatic carbocycles. The summed E-state index contributed by atoms with van der Waals surface area (Å²) in [6, 6.07) is 5.45. The summed E-state index contributed by atoms with van der Waals surface area (Å²) < 4.78 is 5.63. The maximum atomic E-state index is 12.3. The van der Waals surface area contributed by atoms with Gasteiger partial charge in [-0.25, -0.2) is 0 Å². The molecular weight excluding hydrogens is 335 g/mol. The van der Waals surface area contributed by atoms with E-state index in [9.17, 15) is 10.1 Å². The highest BCUT2D eigenvalue weighted by molar-refractivity contribution is 6.36. The zero-order valence-electron chi connectivity index (χ0n) is 14.0. The van der Waals surface area contributed by atoms with Crippen LogP contribution in [0, 0.1) is 24.2 Å². The van der Waals surface area contributed by atoms with Gasteiger partial charge in [-0.3, -0.25) is 4.79 Å². The molecule has 0 saturated heterocycles. The minimum atomic E-state index is -0.928. The second-order valence-electron chi connectivity index (χ2n) is 6.28. The van der Waals surface area contributed by atoms with Gasteiger partial charge in [0.25, 0.3) is 5.91 Å². The topological polar surface area (TPSA) is 62.1 Å². The molecule has 0 spiro atoms. The molecule has 4 nitrogen and oxygen atoms in total. The van der Waals surface area contributed by atoms with Crippen molar-refractivity contribution in [2.75, 3.05) is 0 Å². The predicted octanol–water partition coefficient (Wildman–Crippen LogP) is 4.51. The summed E-state index contributed by atoms with van der Waals surface area (Å²) in [6.07, 6.45) is -0.226. The second-order valence-corrected chi connectivity index (χ2v) is 7.06. The lowest BCUT2D eigenvalue weighted by Gasteiger charge is -2.27. The van der Waals surface area contributed by atoms with E-state index in [0.29, 0.717) is 27.8 Å². The van der Waals surface area contributed by atoms with Crippen LogP contribution < -0.4 is 10.1 Å². The van der Waals surface area contributed by atoms with Crippen LogP contribution in [0.4, 0.5) is 0 Å². The maximum Gasteiger partial charge on any atom is 0.262 e. The lowest BCUT2D eigenvalue weighted by atomic mass is 9.92. The molecule has 1 amide bonds. The number of hydrogen-bond donors (Lipinski definition) is 1. The van der Waals surface area contributed by atoms with E-state index < -0.39 is 11.6 Å². The first-order valence-electron chi connectivity index (χ1n) is 7.44. The van der Waals surface area contributed by atoms with Gasteiger partial charge in [0.2, 0.25) is 0 Å². The van der Waals surface area contributed by atoms with Crippen molar-refractivity contribution in [1.82, 2.24) is 5.32 Å². The first kappa shape index (κ1) is 19.6. The van der Waals surface area contributed by atoms with Gasteiger partial charge in [-0.2, -0.15) is 5.26 Å². The van der Waals surface area contributed by atoms with Gasteiger partial charge in [-0.1, -0.05) is 37.0 Å². The summed E-state index contributed by atoms with van der Waals surface area (Å²) in [5.41, 5.74) is -0.233. The first-order valence-corrected chi connectivity index (χ1v) is 8.19. The van der Waals surface area contributed by atoms with E-state index in [1.165, 1.54) is 0 Å². The number of nitriles is 1. The Labute approximate surface area is 147 Å². The van der Waals surface area contributed by atoms with Gasteiger partial charge in [0.05, 0.1) is 11.1 Å². The molecule has 0 radical (unpaired) electrons. The zero-order chi connectivity index (χ0) is 17.8. The molecule has 0 aromatic heterocycles. The normalized spacial score (nSPS) is 14.7. The monoisotopic (exact) mass is 356 g/mol. The molecule has 0 aliphatic heterocycles. The number of rotatable bonds is 6. The average molecular weight is 357 g/mol. The van der Waals surface area contributed by atoms with Crippen LogP contribution in [0.3, 0.4) is 0 Å². The molecule has 0 saturated carbocycles. The fourth-order valence-electron chi connectivity index (χ4n) is 2.29. The Morgan fingerprint density at radius 3 is 2.52 bits per heavy atom. The van der Waals surface area contributed by atoms with Crippen molar-refractivity contribution in [3.8, 4) is 11.8 Å². The molecule has 0 heterocycles. The molecule has 2 unspecified atom stereocenters. The quantitative estimate of drug-likeness (QED) is 0.815. The highest BCUT2D eigenvalue weighted by Gasteiger charge is 2.30. The lowest BCUT2D eigenvalue weighted by molar-refractivity contribution is -0.128. The summed E-state index contributed by atoms with van der Waals surface area (Å²) in [5, 5.41) is 13.0. The number of carbonyl (C=O) groups excluding carboxylic acids is 1. The Kier molecular flexibility index (Phi) is 6.73. The molecule has 1 aromatic rings. The number of benzene rings is 1. The van der Waals surface area contributed by atoms with Crippen molar-refractivity contribution >= 4 is 29.1 Å². The highest BCUT2D eigenvalue weighted by atomic mass is 35.5. The van der Waals surface area contributed by atoms with Crippen molar-refractivity contribution < 1.29 is 9.53 Å². The van der Waals surface area contributed by atoms with Gasteiger partial charge in [0.15, 0.2) is 6.10 Å². The Balaban J connectivity index is 2.82. The average Bonchev–Trinajstić information content (AvgIpc) is 2.46. The van der Waals surface area contributed by atoms with Crippen LogP contribution in [0.2, 0.25) is 10.0 Å². The summed E-state index contributed by atoms with van der Waals surface area (Å²) in [4.78, 5) is 12.3. The SMILES string of the molecule is Cc1c(Cl)ccc(OC(C)C(=O)NC(C)(C#N)CC(C)C)c1Cl. The molecule has 126 valence electrons. The van der Waals surface area contributed by atoms with Crippen LogP contribution in [-0.2, 0) is 4.79 Å². The molecule has 0 aliphatic carbocycles. The van der Waals surface area contributed by atoms with E-state index in [-0.39, 0.29) is 11.8 Å². The molecule has 1 N–H and O–H groups in total. The van der Waals surface area contributed by atoms with E-state index in [4.69, 9.17) is 27.9 Å². The molecule has 23 heavy (non-hydrogen) atoms. The third-order valence-electron chi connectivity index (χ3n) is 3.42. The number of halogens is 2. The van der Waals surface area contributed by atoms with Crippen LogP contribution in [-0.4, -0.2) is 17.6 Å². The van der Waals surface area contributed by atoms with E-state index in [1.54, 1.807) is 32.9 Å². The van der Waals surface area contributed by atoms with Crippen molar-refractivity contribution in [3.05, 3.63) is 27.7 Å². The molecular formula is C17H22Cl2N2O2. The number of carbonyl (C=O) groups is 1. The number of nitrogens with one attached hydrogen (secondary N) is 1. The number of hydrogen-bond acceptors (Lipinski definition) is 3. The molecule has 2 atom stereocenters. The molecule has 0 fully saturated rings. The lowest BCUT2D eigenvalue weighted by Crippen LogP contribution is -2.50. The third-order valence-corrected chi connectivity index (χ3v) is 4.30. The Bertz CT molecular complexity index is 626. The van der Waals surface area contributed by atoms with Gasteiger partial charge >= 0.3 is 0 Å². The third kappa shape index (κ3) is 5.30. The van der Waals surface area contributed by atoms with Crippen molar-refractivity contribution in [1.29, 1.82) is 5.26 Å². The number of nitrogens with zero attached hydrogens (tertiary/aromatic N) is 1. The van der Waals surface area contributed by atoms with Crippen LogP contribution in [0.5, 0.6) is 5.75 Å². The fourth-order valence-corrected chi connectivity index (χ4v) is 2.70. The van der Waals surface area contributed by atoms with Crippen LogP contribution in [0.25, 0.3) is 0 Å². The van der Waals surface area contributed by atoms with Gasteiger partial charge in [0, 0.05) is 5.02 Å². The summed E-state index contributed by atoms with van der Waals surface area (Å²) in [7, 11) is 0. The van der Waals surface area contributed by atoms with Crippen LogP contribution >= 0.6 is 23.2 Å². The maximum absolute atomic E-state index is 12.3. The summed E-state index contributed by atoms with van der Waals surface area (Å²) in [6.45, 7) is 9.09. The minimum Gasteiger partial charge on any atom is -0.479 e. The highest BCUT2D eigenvalue weighted by Crippen LogP contribution is 2.33. The molecule has 0 bridgehead atoms. The van der Waals surface area contributed by atoms with Crippen LogP contribution in [0.15, 0.2) is 12.1 Å². The van der Waals surface area contributed by atoms with Gasteiger partial charge in [-0.15, -0.1) is 0 Å². The van der Waals surface area contributed by atoms with Crippen molar-refractivity contribution in [3.63, 3.8) is 0 Å². The van der Waals surface area contributed by atoms with Gasteiger partial charge < -0.3 is 10.1 Å². The molecule has 6 heteroatoms. The zero-order valence-corrected chi connectivity index (χ0v) is 15.5. The van der Waals surface area contributed by atoms with E-state index in [2.05, 4.69) is 11.4 Å². The Morgan fingerprint density at radius 2 is 2.00 bits per heavy atom. The number of ether oxygens (including phenoxy) is 1. The minimum absolute atomic E-state index is 0.282. The van der Waals surface area contributed by atoms with E-state index in [0.717, 1.165) is 0 Å². The van der Waals surface area contributed by atoms with E-state index >= 15 is 0 Å². The van der Waals surface area contributed by atoms with Crippen molar-refractivity contribution in [2.24, 2.45) is 5.92 Å². The van der Waals surface area contributed by atoms with E-state index in [1.807, 2.05) is 13.8 Å². The Morgan fingerprint density at radius 1 is 1.39 bits per heavy atom. The largest absolute Gasteiger partial charge is 0.479 e. The summed E-state index contributed by atoms with van der Waals surface area (Å²) >= 11 is 12.2. The fraction of sp³-hybridized carbons (Fsp3) is 0.529. The predicted molar refractivity (Wildman–Crippen MR) is 92.9 cm³/mol. The number of amides is 1. The van der Waals surface area contributed by atoms with Crippen molar-refractivity contribution in [2.45, 2.75) is 52.7 Å². The first-order chi connectivity index (χ1) is 10.6. The van der Waals surface area contributed by atoms with Crippen LogP contribution in [0.1, 0.15) is 39.7 Å². The summed E-state index contributed by atoms with van der Waals surface area (Å²) in [5.74, 6) is 0.307. The standard InChI is InChI=1S/C17H22Cl2N2O2/c1-10(2)8-17(5,9-20)21-16(22)12(4)23-14-7-6-13(18)11(3)15(14)19/h6-7,10,12H,8H2,1-5H3,(H,21,22). The second kappa shape index (κ2) is 7.90. The Hall–Kier alpha value is -1.44. The molecule has 1 rings (SSSR count). The molecule has 0 aliphatic rings. The van der Waals surface area contributed by atoms with Gasteiger partial charge in [0.1, 0.15) is 11.3 Å². The van der Waals surface area contributed by atoms with Gasteiger partial charge in [-0.05, 0) is 50.8 Å². The smallest absolute Gasteiger partial charge is 0.262 e.